The van der Waals surface area contributed by atoms with Gasteiger partial charge in [0.2, 0.25) is 5.91 Å². The predicted octanol–water partition coefficient (Wildman–Crippen LogP) is 3.08. The maximum absolute atomic E-state index is 12.6. The van der Waals surface area contributed by atoms with Crippen LogP contribution in [0.3, 0.4) is 0 Å². The number of aryl methyl sites for hydroxylation is 2. The number of hydrogen-bond donors (Lipinski definition) is 2. The molecule has 0 unspecified atom stereocenters. The lowest BCUT2D eigenvalue weighted by molar-refractivity contribution is -0.126. The van der Waals surface area contributed by atoms with E-state index in [-0.39, 0.29) is 12.5 Å². The summed E-state index contributed by atoms with van der Waals surface area (Å²) in [6.45, 7) is 7.19. The Balaban J connectivity index is 1.50. The van der Waals surface area contributed by atoms with Crippen molar-refractivity contribution in [3.8, 4) is 0 Å². The van der Waals surface area contributed by atoms with Crippen molar-refractivity contribution in [3.63, 3.8) is 0 Å². The molecular weight excluding hydrogens is 420 g/mol. The number of esters is 1. The highest BCUT2D eigenvalue weighted by Gasteiger charge is 2.21. The molecule has 0 spiro atoms. The molecular formula is C25H28N4O4. The van der Waals surface area contributed by atoms with Crippen LogP contribution in [-0.4, -0.2) is 40.7 Å². The number of rotatable bonds is 8. The number of anilines is 1. The number of amides is 2. The summed E-state index contributed by atoms with van der Waals surface area (Å²) in [7, 11) is 0. The molecule has 0 fully saturated rings. The third kappa shape index (κ3) is 6.06. The molecule has 0 aliphatic carbocycles. The second kappa shape index (κ2) is 10.6. The van der Waals surface area contributed by atoms with E-state index in [0.29, 0.717) is 29.2 Å². The summed E-state index contributed by atoms with van der Waals surface area (Å²) >= 11 is 0. The van der Waals surface area contributed by atoms with E-state index >= 15 is 0 Å². The molecule has 2 N–H and O–H groups in total. The van der Waals surface area contributed by atoms with Gasteiger partial charge in [0.25, 0.3) is 5.91 Å². The van der Waals surface area contributed by atoms with Crippen molar-refractivity contribution in [2.45, 2.75) is 34.2 Å². The third-order valence-corrected chi connectivity index (χ3v) is 5.42. The summed E-state index contributed by atoms with van der Waals surface area (Å²) in [5.41, 5.74) is 5.30. The number of carbonyl (C=O) groups excluding carboxylic acids is 3. The van der Waals surface area contributed by atoms with E-state index in [1.165, 1.54) is 0 Å². The van der Waals surface area contributed by atoms with Crippen LogP contribution < -0.4 is 10.6 Å². The van der Waals surface area contributed by atoms with Gasteiger partial charge in [0.1, 0.15) is 5.56 Å². The lowest BCUT2D eigenvalue weighted by Gasteiger charge is -2.11. The Morgan fingerprint density at radius 2 is 1.67 bits per heavy atom. The monoisotopic (exact) mass is 448 g/mol. The Morgan fingerprint density at radius 1 is 0.939 bits per heavy atom. The fourth-order valence-corrected chi connectivity index (χ4v) is 3.42. The highest BCUT2D eigenvalue weighted by molar-refractivity contribution is 5.96. The highest BCUT2D eigenvalue weighted by Crippen LogP contribution is 2.18. The SMILES string of the molecule is Cc1cccc(NC(=O)CNC(=O)COC(=O)c2c(C)nn(Cc3ccccc3)c2C)c1C. The average Bonchev–Trinajstić information content (AvgIpc) is 3.07. The summed E-state index contributed by atoms with van der Waals surface area (Å²) in [6.07, 6.45) is 0. The van der Waals surface area contributed by atoms with Crippen molar-refractivity contribution in [3.05, 3.63) is 82.2 Å². The molecule has 1 aromatic heterocycles. The van der Waals surface area contributed by atoms with Crippen molar-refractivity contribution >= 4 is 23.5 Å². The fraction of sp³-hybridized carbons (Fsp3) is 0.280. The molecule has 0 radical (unpaired) electrons. The zero-order valence-electron chi connectivity index (χ0n) is 19.3. The first kappa shape index (κ1) is 23.7. The fourth-order valence-electron chi connectivity index (χ4n) is 3.42. The lowest BCUT2D eigenvalue weighted by atomic mass is 10.1. The van der Waals surface area contributed by atoms with E-state index in [1.807, 2.05) is 56.3 Å². The van der Waals surface area contributed by atoms with Gasteiger partial charge in [-0.1, -0.05) is 42.5 Å². The first-order valence-corrected chi connectivity index (χ1v) is 10.6. The highest BCUT2D eigenvalue weighted by atomic mass is 16.5. The predicted molar refractivity (Wildman–Crippen MR) is 125 cm³/mol. The van der Waals surface area contributed by atoms with Crippen LogP contribution in [0, 0.1) is 27.7 Å². The quantitative estimate of drug-likeness (QED) is 0.516. The van der Waals surface area contributed by atoms with E-state index < -0.39 is 18.5 Å². The smallest absolute Gasteiger partial charge is 0.342 e. The Hall–Kier alpha value is -3.94. The van der Waals surface area contributed by atoms with Crippen LogP contribution in [0.4, 0.5) is 5.69 Å². The molecule has 8 heteroatoms. The summed E-state index contributed by atoms with van der Waals surface area (Å²) in [6, 6.07) is 15.4. The first-order valence-electron chi connectivity index (χ1n) is 10.6. The molecule has 0 aliphatic heterocycles. The van der Waals surface area contributed by atoms with E-state index in [1.54, 1.807) is 24.6 Å². The topological polar surface area (TPSA) is 102 Å². The van der Waals surface area contributed by atoms with Crippen molar-refractivity contribution in [1.29, 1.82) is 0 Å². The van der Waals surface area contributed by atoms with Crippen LogP contribution in [-0.2, 0) is 20.9 Å². The number of benzene rings is 2. The number of hydrogen-bond acceptors (Lipinski definition) is 5. The maximum Gasteiger partial charge on any atom is 0.342 e. The summed E-state index contributed by atoms with van der Waals surface area (Å²) in [5.74, 6) is -1.55. The largest absolute Gasteiger partial charge is 0.452 e. The minimum atomic E-state index is -0.626. The zero-order valence-corrected chi connectivity index (χ0v) is 19.3. The molecule has 172 valence electrons. The Kier molecular flexibility index (Phi) is 7.61. The van der Waals surface area contributed by atoms with E-state index in [0.717, 1.165) is 16.7 Å². The molecule has 33 heavy (non-hydrogen) atoms. The minimum absolute atomic E-state index is 0.225. The molecule has 2 amide bonds. The minimum Gasteiger partial charge on any atom is -0.452 e. The van der Waals surface area contributed by atoms with Crippen LogP contribution in [0.2, 0.25) is 0 Å². The molecule has 1 heterocycles. The van der Waals surface area contributed by atoms with Gasteiger partial charge in [-0.25, -0.2) is 4.79 Å². The van der Waals surface area contributed by atoms with Crippen molar-refractivity contribution < 1.29 is 19.1 Å². The average molecular weight is 449 g/mol. The third-order valence-electron chi connectivity index (χ3n) is 5.42. The Morgan fingerprint density at radius 3 is 2.39 bits per heavy atom. The van der Waals surface area contributed by atoms with Gasteiger partial charge in [0, 0.05) is 5.69 Å². The summed E-state index contributed by atoms with van der Waals surface area (Å²) < 4.78 is 6.90. The summed E-state index contributed by atoms with van der Waals surface area (Å²) in [4.78, 5) is 36.8. The van der Waals surface area contributed by atoms with Gasteiger partial charge in [0.15, 0.2) is 6.61 Å². The van der Waals surface area contributed by atoms with Gasteiger partial charge in [-0.2, -0.15) is 5.10 Å². The maximum atomic E-state index is 12.6. The zero-order chi connectivity index (χ0) is 24.0. The normalized spacial score (nSPS) is 10.5. The van der Waals surface area contributed by atoms with Crippen LogP contribution >= 0.6 is 0 Å². The molecule has 0 bridgehead atoms. The first-order chi connectivity index (χ1) is 15.8. The lowest BCUT2D eigenvalue weighted by Crippen LogP contribution is -2.35. The van der Waals surface area contributed by atoms with E-state index in [9.17, 15) is 14.4 Å². The molecule has 0 aliphatic rings. The van der Waals surface area contributed by atoms with Gasteiger partial charge in [-0.3, -0.25) is 14.3 Å². The second-order valence-electron chi connectivity index (χ2n) is 7.84. The van der Waals surface area contributed by atoms with Crippen molar-refractivity contribution in [2.75, 3.05) is 18.5 Å². The number of nitrogens with zero attached hydrogens (tertiary/aromatic N) is 2. The van der Waals surface area contributed by atoms with Crippen LogP contribution in [0.1, 0.15) is 38.4 Å². The molecule has 3 aromatic rings. The Bertz CT molecular complexity index is 1170. The van der Waals surface area contributed by atoms with E-state index in [4.69, 9.17) is 4.74 Å². The van der Waals surface area contributed by atoms with E-state index in [2.05, 4.69) is 15.7 Å². The van der Waals surface area contributed by atoms with Crippen molar-refractivity contribution in [1.82, 2.24) is 15.1 Å². The molecule has 8 nitrogen and oxygen atoms in total. The summed E-state index contributed by atoms with van der Waals surface area (Å²) in [5, 5.41) is 9.65. The van der Waals surface area contributed by atoms with Gasteiger partial charge in [-0.15, -0.1) is 0 Å². The van der Waals surface area contributed by atoms with Crippen molar-refractivity contribution in [2.24, 2.45) is 0 Å². The van der Waals surface area contributed by atoms with Gasteiger partial charge in [0.05, 0.1) is 24.5 Å². The number of ether oxygens (including phenoxy) is 1. The van der Waals surface area contributed by atoms with Crippen LogP contribution in [0.25, 0.3) is 0 Å². The standard InChI is InChI=1S/C25H28N4O4/c1-16-9-8-12-21(17(16)2)27-22(30)13-26-23(31)15-33-25(32)24-18(3)28-29(19(24)4)14-20-10-6-5-7-11-20/h5-12H,13-15H2,1-4H3,(H,26,31)(H,27,30). The number of nitrogens with one attached hydrogen (secondary N) is 2. The molecule has 0 saturated carbocycles. The van der Waals surface area contributed by atoms with Crippen LogP contribution in [0.5, 0.6) is 0 Å². The van der Waals surface area contributed by atoms with Crippen LogP contribution in [0.15, 0.2) is 48.5 Å². The number of carbonyl (C=O) groups is 3. The van der Waals surface area contributed by atoms with Gasteiger partial charge >= 0.3 is 5.97 Å². The molecule has 0 atom stereocenters. The Labute approximate surface area is 193 Å². The van der Waals surface area contributed by atoms with Gasteiger partial charge in [-0.05, 0) is 50.5 Å². The molecule has 3 rings (SSSR count). The van der Waals surface area contributed by atoms with Gasteiger partial charge < -0.3 is 15.4 Å². The molecule has 2 aromatic carbocycles. The second-order valence-corrected chi connectivity index (χ2v) is 7.84. The number of aromatic nitrogens is 2. The molecule has 0 saturated heterocycles.